The smallest absolute Gasteiger partial charge is 0.271 e. The second kappa shape index (κ2) is 11.2. The zero-order valence-corrected chi connectivity index (χ0v) is 19.4. The Morgan fingerprint density at radius 1 is 0.882 bits per heavy atom. The molecule has 0 radical (unpaired) electrons. The molecule has 0 aliphatic rings. The predicted molar refractivity (Wildman–Crippen MR) is 138 cm³/mol. The number of ether oxygens (including phenoxy) is 1. The topological polar surface area (TPSA) is 53.9 Å². The minimum atomic E-state index is -0.291. The standard InChI is InChI=1S/C28H24ClN3O2/c1-32(25-5-3-2-4-6-25)26-15-9-21(10-16-26)19-30-31-28(33)23-11-17-27(18-12-23)34-20-22-7-13-24(29)14-8-22/h2-19H,20H2,1H3,(H,31,33)/b30-19-. The van der Waals surface area contributed by atoms with Crippen LogP contribution in [0.5, 0.6) is 5.75 Å². The molecular formula is C28H24ClN3O2. The molecule has 0 spiro atoms. The van der Waals surface area contributed by atoms with Crippen LogP contribution >= 0.6 is 11.6 Å². The van der Waals surface area contributed by atoms with Gasteiger partial charge in [-0.15, -0.1) is 0 Å². The van der Waals surface area contributed by atoms with Crippen LogP contribution in [0.3, 0.4) is 0 Å². The van der Waals surface area contributed by atoms with Gasteiger partial charge in [-0.2, -0.15) is 5.10 Å². The molecule has 6 heteroatoms. The summed E-state index contributed by atoms with van der Waals surface area (Å²) in [6, 6.07) is 32.5. The van der Waals surface area contributed by atoms with Gasteiger partial charge in [-0.1, -0.05) is 54.1 Å². The van der Waals surface area contributed by atoms with Crippen molar-refractivity contribution in [3.05, 3.63) is 125 Å². The minimum absolute atomic E-state index is 0.291. The van der Waals surface area contributed by atoms with E-state index in [1.807, 2.05) is 73.8 Å². The monoisotopic (exact) mass is 469 g/mol. The number of halogens is 1. The first-order valence-corrected chi connectivity index (χ1v) is 11.2. The minimum Gasteiger partial charge on any atom is -0.489 e. The molecule has 34 heavy (non-hydrogen) atoms. The third kappa shape index (κ3) is 6.24. The number of hydrazone groups is 1. The average Bonchev–Trinajstić information content (AvgIpc) is 2.89. The van der Waals surface area contributed by atoms with Crippen molar-refractivity contribution in [1.29, 1.82) is 0 Å². The number of carbonyl (C=O) groups excluding carboxylic acids is 1. The lowest BCUT2D eigenvalue weighted by Crippen LogP contribution is -2.17. The van der Waals surface area contributed by atoms with Crippen molar-refractivity contribution in [3.63, 3.8) is 0 Å². The van der Waals surface area contributed by atoms with Crippen LogP contribution < -0.4 is 15.1 Å². The van der Waals surface area contributed by atoms with E-state index in [1.54, 1.807) is 30.5 Å². The van der Waals surface area contributed by atoms with Gasteiger partial charge in [0.15, 0.2) is 0 Å². The van der Waals surface area contributed by atoms with E-state index in [0.29, 0.717) is 22.9 Å². The molecule has 5 nitrogen and oxygen atoms in total. The van der Waals surface area contributed by atoms with E-state index in [-0.39, 0.29) is 5.91 Å². The highest BCUT2D eigenvalue weighted by atomic mass is 35.5. The Morgan fingerprint density at radius 2 is 1.53 bits per heavy atom. The first kappa shape index (κ1) is 23.1. The van der Waals surface area contributed by atoms with Gasteiger partial charge in [0.1, 0.15) is 12.4 Å². The molecule has 0 heterocycles. The zero-order chi connectivity index (χ0) is 23.8. The normalized spacial score (nSPS) is 10.8. The Balaban J connectivity index is 1.28. The van der Waals surface area contributed by atoms with Crippen LogP contribution in [0, 0.1) is 0 Å². The fourth-order valence-electron chi connectivity index (χ4n) is 3.26. The van der Waals surface area contributed by atoms with Gasteiger partial charge in [0, 0.05) is 29.0 Å². The maximum Gasteiger partial charge on any atom is 0.271 e. The highest BCUT2D eigenvalue weighted by molar-refractivity contribution is 6.30. The number of carbonyl (C=O) groups is 1. The molecule has 4 aromatic rings. The van der Waals surface area contributed by atoms with Gasteiger partial charge in [-0.25, -0.2) is 5.43 Å². The quantitative estimate of drug-likeness (QED) is 0.238. The average molecular weight is 470 g/mol. The number of benzene rings is 4. The molecule has 0 unspecified atom stereocenters. The molecule has 0 atom stereocenters. The number of para-hydroxylation sites is 1. The van der Waals surface area contributed by atoms with Crippen LogP contribution in [-0.4, -0.2) is 19.2 Å². The van der Waals surface area contributed by atoms with Crippen molar-refractivity contribution in [2.24, 2.45) is 5.10 Å². The number of nitrogens with zero attached hydrogens (tertiary/aromatic N) is 2. The van der Waals surface area contributed by atoms with Crippen LogP contribution in [-0.2, 0) is 6.61 Å². The molecule has 0 aliphatic heterocycles. The molecule has 4 rings (SSSR count). The summed E-state index contributed by atoms with van der Waals surface area (Å²) in [6.07, 6.45) is 1.62. The van der Waals surface area contributed by atoms with Crippen molar-refractivity contribution in [2.75, 3.05) is 11.9 Å². The van der Waals surface area contributed by atoms with Gasteiger partial charge >= 0.3 is 0 Å². The zero-order valence-electron chi connectivity index (χ0n) is 18.7. The summed E-state index contributed by atoms with van der Waals surface area (Å²) in [6.45, 7) is 0.424. The van der Waals surface area contributed by atoms with E-state index in [9.17, 15) is 4.79 Å². The van der Waals surface area contributed by atoms with Gasteiger partial charge in [0.2, 0.25) is 0 Å². The largest absolute Gasteiger partial charge is 0.489 e. The van der Waals surface area contributed by atoms with Crippen molar-refractivity contribution in [1.82, 2.24) is 5.43 Å². The Labute approximate surface area is 204 Å². The summed E-state index contributed by atoms with van der Waals surface area (Å²) in [7, 11) is 2.02. The molecule has 0 bridgehead atoms. The lowest BCUT2D eigenvalue weighted by Gasteiger charge is -2.19. The van der Waals surface area contributed by atoms with Crippen molar-refractivity contribution < 1.29 is 9.53 Å². The molecule has 0 aromatic heterocycles. The summed E-state index contributed by atoms with van der Waals surface area (Å²) in [4.78, 5) is 14.5. The van der Waals surface area contributed by atoms with Crippen LogP contribution in [0.2, 0.25) is 5.02 Å². The van der Waals surface area contributed by atoms with Crippen LogP contribution in [0.25, 0.3) is 0 Å². The molecule has 0 aliphatic carbocycles. The van der Waals surface area contributed by atoms with E-state index in [2.05, 4.69) is 27.6 Å². The summed E-state index contributed by atoms with van der Waals surface area (Å²) in [5.74, 6) is 0.386. The first-order chi connectivity index (χ1) is 16.6. The molecule has 1 N–H and O–H groups in total. The van der Waals surface area contributed by atoms with E-state index in [0.717, 1.165) is 22.5 Å². The third-order valence-corrected chi connectivity index (χ3v) is 5.49. The Morgan fingerprint density at radius 3 is 2.21 bits per heavy atom. The third-order valence-electron chi connectivity index (χ3n) is 5.24. The van der Waals surface area contributed by atoms with Crippen LogP contribution in [0.1, 0.15) is 21.5 Å². The highest BCUT2D eigenvalue weighted by Gasteiger charge is 2.05. The first-order valence-electron chi connectivity index (χ1n) is 10.8. The van der Waals surface area contributed by atoms with Gasteiger partial charge in [-0.3, -0.25) is 4.79 Å². The van der Waals surface area contributed by atoms with E-state index < -0.39 is 0 Å². The fraction of sp³-hybridized carbons (Fsp3) is 0.0714. The van der Waals surface area contributed by atoms with Gasteiger partial charge < -0.3 is 9.64 Å². The molecule has 0 fully saturated rings. The summed E-state index contributed by atoms with van der Waals surface area (Å²) >= 11 is 5.90. The van der Waals surface area contributed by atoms with Gasteiger partial charge in [-0.05, 0) is 71.8 Å². The lowest BCUT2D eigenvalue weighted by molar-refractivity contribution is 0.0955. The van der Waals surface area contributed by atoms with E-state index in [1.165, 1.54) is 0 Å². The van der Waals surface area contributed by atoms with Crippen LogP contribution in [0.15, 0.2) is 108 Å². The van der Waals surface area contributed by atoms with Crippen molar-refractivity contribution in [3.8, 4) is 5.75 Å². The molecular weight excluding hydrogens is 446 g/mol. The lowest BCUT2D eigenvalue weighted by atomic mass is 10.2. The van der Waals surface area contributed by atoms with E-state index in [4.69, 9.17) is 16.3 Å². The highest BCUT2D eigenvalue weighted by Crippen LogP contribution is 2.23. The van der Waals surface area contributed by atoms with E-state index >= 15 is 0 Å². The maximum atomic E-state index is 12.4. The summed E-state index contributed by atoms with van der Waals surface area (Å²) in [5, 5.41) is 4.77. The second-order valence-corrected chi connectivity index (χ2v) is 8.06. The molecule has 0 saturated heterocycles. The Bertz CT molecular complexity index is 1240. The van der Waals surface area contributed by atoms with Gasteiger partial charge in [0.25, 0.3) is 5.91 Å². The Kier molecular flexibility index (Phi) is 7.58. The fourth-order valence-corrected chi connectivity index (χ4v) is 3.39. The SMILES string of the molecule is CN(c1ccccc1)c1ccc(/C=N\NC(=O)c2ccc(OCc3ccc(Cl)cc3)cc2)cc1. The molecule has 1 amide bonds. The summed E-state index contributed by atoms with van der Waals surface area (Å²) < 4.78 is 5.75. The van der Waals surface area contributed by atoms with Crippen molar-refractivity contribution in [2.45, 2.75) is 6.61 Å². The number of anilines is 2. The summed E-state index contributed by atoms with van der Waals surface area (Å²) in [5.41, 5.74) is 7.13. The number of hydrogen-bond donors (Lipinski definition) is 1. The van der Waals surface area contributed by atoms with Crippen LogP contribution in [0.4, 0.5) is 11.4 Å². The number of hydrogen-bond acceptors (Lipinski definition) is 4. The molecule has 170 valence electrons. The Hall–Kier alpha value is -4.09. The van der Waals surface area contributed by atoms with Gasteiger partial charge in [0.05, 0.1) is 6.21 Å². The number of nitrogens with one attached hydrogen (secondary N) is 1. The second-order valence-electron chi connectivity index (χ2n) is 7.62. The number of amides is 1. The maximum absolute atomic E-state index is 12.4. The number of rotatable bonds is 8. The predicted octanol–water partition coefficient (Wildman–Crippen LogP) is 6.45. The molecule has 0 saturated carbocycles. The van der Waals surface area contributed by atoms with Crippen molar-refractivity contribution >= 4 is 35.1 Å². The molecule has 4 aromatic carbocycles.